The molecule has 0 spiro atoms. The van der Waals surface area contributed by atoms with Gasteiger partial charge in [0.05, 0.1) is 10.3 Å². The van der Waals surface area contributed by atoms with Gasteiger partial charge in [-0.1, -0.05) is 48.5 Å². The number of hydrogen-bond donors (Lipinski definition) is 0. The lowest BCUT2D eigenvalue weighted by molar-refractivity contribution is -0.689. The van der Waals surface area contributed by atoms with Crippen LogP contribution in [0.4, 0.5) is 0 Å². The highest BCUT2D eigenvalue weighted by Gasteiger charge is 2.26. The van der Waals surface area contributed by atoms with Crippen molar-refractivity contribution < 1.29 is 19.0 Å². The predicted molar refractivity (Wildman–Crippen MR) is 87.0 cm³/mol. The second-order valence-electron chi connectivity index (χ2n) is 5.26. The number of ether oxygens (including phenoxy) is 1. The second kappa shape index (κ2) is 6.87. The first-order valence-corrected chi connectivity index (χ1v) is 7.39. The Bertz CT molecular complexity index is 894. The predicted octanol–water partition coefficient (Wildman–Crippen LogP) is 2.57. The Morgan fingerprint density at radius 2 is 1.75 bits per heavy atom. The Hall–Kier alpha value is -3.28. The third-order valence-corrected chi connectivity index (χ3v) is 3.63. The van der Waals surface area contributed by atoms with Crippen LogP contribution in [-0.4, -0.2) is 17.6 Å². The fraction of sp³-hybridized carbons (Fsp3) is 0.111. The van der Waals surface area contributed by atoms with E-state index in [1.54, 1.807) is 16.8 Å². The molecule has 3 aromatic rings. The van der Waals surface area contributed by atoms with Crippen LogP contribution in [-0.2, 0) is 11.3 Å². The Morgan fingerprint density at radius 3 is 2.50 bits per heavy atom. The maximum absolute atomic E-state index is 12.4. The van der Waals surface area contributed by atoms with Gasteiger partial charge in [-0.2, -0.15) is 4.57 Å². The molecule has 0 atom stereocenters. The van der Waals surface area contributed by atoms with E-state index in [9.17, 15) is 14.9 Å². The van der Waals surface area contributed by atoms with E-state index in [1.807, 2.05) is 54.6 Å². The van der Waals surface area contributed by atoms with Crippen LogP contribution in [0.15, 0.2) is 66.9 Å². The normalized spacial score (nSPS) is 10.5. The molecule has 1 aromatic heterocycles. The van der Waals surface area contributed by atoms with Crippen molar-refractivity contribution in [2.24, 2.45) is 0 Å². The lowest BCUT2D eigenvalue weighted by Crippen LogP contribution is -2.41. The van der Waals surface area contributed by atoms with Crippen LogP contribution in [0, 0.1) is 10.1 Å². The summed E-state index contributed by atoms with van der Waals surface area (Å²) in [6, 6.07) is 18.9. The Labute approximate surface area is 138 Å². The zero-order chi connectivity index (χ0) is 16.9. The summed E-state index contributed by atoms with van der Waals surface area (Å²) in [6.07, 6.45) is 1.79. The Morgan fingerprint density at radius 1 is 1.04 bits per heavy atom. The number of esters is 1. The maximum Gasteiger partial charge on any atom is 0.409 e. The highest BCUT2D eigenvalue weighted by atomic mass is 16.7. The van der Waals surface area contributed by atoms with Crippen LogP contribution in [0.3, 0.4) is 0 Å². The van der Waals surface area contributed by atoms with Crippen molar-refractivity contribution in [1.82, 2.24) is 0 Å². The molecule has 0 aliphatic heterocycles. The van der Waals surface area contributed by atoms with Gasteiger partial charge in [0, 0.05) is 11.6 Å². The molecule has 2 aromatic carbocycles. The van der Waals surface area contributed by atoms with Crippen LogP contribution in [0.25, 0.3) is 10.8 Å². The summed E-state index contributed by atoms with van der Waals surface area (Å²) < 4.78 is 6.57. The summed E-state index contributed by atoms with van der Waals surface area (Å²) in [7, 11) is 0. The lowest BCUT2D eigenvalue weighted by Gasteiger charge is -2.06. The van der Waals surface area contributed by atoms with Crippen molar-refractivity contribution >= 4 is 16.7 Å². The van der Waals surface area contributed by atoms with Gasteiger partial charge in [-0.05, 0) is 11.5 Å². The molecule has 0 bridgehead atoms. The first-order chi connectivity index (χ1) is 11.6. The number of hydrogen-bond acceptors (Lipinski definition) is 4. The minimum atomic E-state index is -0.854. The summed E-state index contributed by atoms with van der Waals surface area (Å²) in [5.74, 6) is -0.709. The van der Waals surface area contributed by atoms with Gasteiger partial charge in [-0.25, -0.2) is 4.79 Å². The molecular formula is C18H15N2O4+. The molecule has 0 N–H and O–H groups in total. The Balaban J connectivity index is 2.05. The van der Waals surface area contributed by atoms with E-state index in [0.717, 1.165) is 10.9 Å². The molecule has 0 unspecified atom stereocenters. The van der Waals surface area contributed by atoms with Crippen LogP contribution >= 0.6 is 0 Å². The van der Waals surface area contributed by atoms with Crippen molar-refractivity contribution in [3.05, 3.63) is 88.2 Å². The average Bonchev–Trinajstić information content (AvgIpc) is 2.60. The Kier molecular flexibility index (Phi) is 4.47. The number of nitrogens with zero attached hydrogens (tertiary/aromatic N) is 2. The van der Waals surface area contributed by atoms with Crippen LogP contribution < -0.4 is 4.57 Å². The quantitative estimate of drug-likeness (QED) is 0.238. The van der Waals surface area contributed by atoms with Crippen molar-refractivity contribution in [3.63, 3.8) is 0 Å². The van der Waals surface area contributed by atoms with E-state index in [-0.39, 0.29) is 0 Å². The highest BCUT2D eigenvalue weighted by Crippen LogP contribution is 2.17. The summed E-state index contributed by atoms with van der Waals surface area (Å²) >= 11 is 0. The van der Waals surface area contributed by atoms with Crippen molar-refractivity contribution in [1.29, 1.82) is 0 Å². The molecule has 0 saturated carbocycles. The molecule has 0 fully saturated rings. The fourth-order valence-corrected chi connectivity index (χ4v) is 2.58. The van der Waals surface area contributed by atoms with Crippen molar-refractivity contribution in [3.8, 4) is 0 Å². The van der Waals surface area contributed by atoms with Gasteiger partial charge in [-0.3, -0.25) is 10.1 Å². The minimum Gasteiger partial charge on any atom is -0.392 e. The van der Waals surface area contributed by atoms with Gasteiger partial charge in [-0.15, -0.1) is 0 Å². The van der Waals surface area contributed by atoms with Crippen molar-refractivity contribution in [2.75, 3.05) is 6.73 Å². The second-order valence-corrected chi connectivity index (χ2v) is 5.26. The molecule has 120 valence electrons. The van der Waals surface area contributed by atoms with Crippen LogP contribution in [0.2, 0.25) is 0 Å². The highest BCUT2D eigenvalue weighted by molar-refractivity contribution is 6.01. The van der Waals surface area contributed by atoms with Gasteiger partial charge in [0.2, 0.25) is 0 Å². The molecule has 0 saturated heterocycles. The van der Waals surface area contributed by atoms with Crippen molar-refractivity contribution in [2.45, 2.75) is 6.54 Å². The molecule has 0 radical (unpaired) electrons. The maximum atomic E-state index is 12.4. The number of fused-ring (bicyclic) bond motifs is 1. The molecule has 0 amide bonds. The van der Waals surface area contributed by atoms with E-state index < -0.39 is 17.6 Å². The third-order valence-electron chi connectivity index (χ3n) is 3.63. The van der Waals surface area contributed by atoms with Gasteiger partial charge in [0.25, 0.3) is 5.69 Å². The topological polar surface area (TPSA) is 73.3 Å². The van der Waals surface area contributed by atoms with Gasteiger partial charge >= 0.3 is 12.7 Å². The van der Waals surface area contributed by atoms with E-state index in [2.05, 4.69) is 0 Å². The summed E-state index contributed by atoms with van der Waals surface area (Å²) in [5.41, 5.74) is 1.32. The number of pyridine rings is 1. The zero-order valence-corrected chi connectivity index (χ0v) is 12.8. The van der Waals surface area contributed by atoms with Gasteiger partial charge in [0.15, 0.2) is 12.7 Å². The number of nitro groups is 1. The minimum absolute atomic E-state index is 0.304. The van der Waals surface area contributed by atoms with Gasteiger partial charge in [0.1, 0.15) is 0 Å². The fourth-order valence-electron chi connectivity index (χ4n) is 2.58. The standard InChI is InChI=1S/C18H15N2O4/c21-18(24-13-20(22)23)17-16-9-5-4-8-15(16)10-11-19(17)12-14-6-2-1-3-7-14/h1-11H,12-13H2/q+1. The lowest BCUT2D eigenvalue weighted by atomic mass is 10.1. The number of carbonyl (C=O) groups is 1. The molecule has 3 rings (SSSR count). The van der Waals surface area contributed by atoms with Crippen LogP contribution in [0.5, 0.6) is 0 Å². The average molecular weight is 323 g/mol. The zero-order valence-electron chi connectivity index (χ0n) is 12.8. The summed E-state index contributed by atoms with van der Waals surface area (Å²) in [5, 5.41) is 12.1. The molecule has 24 heavy (non-hydrogen) atoms. The van der Waals surface area contributed by atoms with E-state index in [4.69, 9.17) is 4.74 Å². The molecule has 6 nitrogen and oxygen atoms in total. The van der Waals surface area contributed by atoms with E-state index >= 15 is 0 Å². The molecular weight excluding hydrogens is 308 g/mol. The van der Waals surface area contributed by atoms with Crippen LogP contribution in [0.1, 0.15) is 16.1 Å². The number of rotatable bonds is 5. The van der Waals surface area contributed by atoms with E-state index in [1.165, 1.54) is 0 Å². The smallest absolute Gasteiger partial charge is 0.392 e. The van der Waals surface area contributed by atoms with Gasteiger partial charge < -0.3 is 4.74 Å². The number of carbonyl (C=O) groups excluding carboxylic acids is 1. The molecule has 0 aliphatic carbocycles. The summed E-state index contributed by atoms with van der Waals surface area (Å²) in [4.78, 5) is 22.2. The third kappa shape index (κ3) is 3.38. The van der Waals surface area contributed by atoms with E-state index in [0.29, 0.717) is 17.6 Å². The monoisotopic (exact) mass is 323 g/mol. The SMILES string of the molecule is O=C(OC[N+](=O)[O-])c1c2ccccc2cc[n+]1Cc1ccccc1. The number of benzene rings is 2. The molecule has 6 heteroatoms. The summed E-state index contributed by atoms with van der Waals surface area (Å²) in [6.45, 7) is -0.387. The largest absolute Gasteiger partial charge is 0.409 e. The first kappa shape index (κ1) is 15.6. The first-order valence-electron chi connectivity index (χ1n) is 7.39. The molecule has 1 heterocycles. The number of aromatic nitrogens is 1. The molecule has 0 aliphatic rings.